The molecule has 0 fully saturated rings. The van der Waals surface area contributed by atoms with Crippen molar-refractivity contribution in [1.82, 2.24) is 15.1 Å². The second kappa shape index (κ2) is 8.90. The summed E-state index contributed by atoms with van der Waals surface area (Å²) in [6, 6.07) is 9.41. The highest BCUT2D eigenvalue weighted by Gasteiger charge is 2.22. The molecule has 0 spiro atoms. The Morgan fingerprint density at radius 2 is 2.00 bits per heavy atom. The zero-order chi connectivity index (χ0) is 21.1. The largest absolute Gasteiger partial charge is 0.497 e. The molecule has 0 aliphatic carbocycles. The average molecular weight is 445 g/mol. The van der Waals surface area contributed by atoms with Gasteiger partial charge in [-0.15, -0.1) is 21.5 Å². The molecule has 1 aliphatic heterocycles. The lowest BCUT2D eigenvalue weighted by Gasteiger charge is -2.25. The summed E-state index contributed by atoms with van der Waals surface area (Å²) in [5, 5.41) is 12.9. The smallest absolute Gasteiger partial charge is 0.308 e. The Labute approximate surface area is 181 Å². The fraction of sp³-hybridized carbons (Fsp3) is 0.300. The maximum absolute atomic E-state index is 12.5. The number of carbonyl (C=O) groups excluding carboxylic acids is 2. The molecule has 0 saturated carbocycles. The molecular weight excluding hydrogens is 424 g/mol. The number of anilines is 1. The Hall–Kier alpha value is -2.82. The van der Waals surface area contributed by atoms with Crippen LogP contribution in [0.5, 0.6) is 10.8 Å². The van der Waals surface area contributed by atoms with Crippen LogP contribution >= 0.6 is 22.7 Å². The molecule has 156 valence electrons. The van der Waals surface area contributed by atoms with Gasteiger partial charge in [0.05, 0.1) is 13.7 Å². The van der Waals surface area contributed by atoms with E-state index in [1.807, 2.05) is 30.3 Å². The molecule has 0 unspecified atom stereocenters. The van der Waals surface area contributed by atoms with Gasteiger partial charge in [0.2, 0.25) is 11.0 Å². The summed E-state index contributed by atoms with van der Waals surface area (Å²) in [5.74, 6) is 0.314. The number of carbonyl (C=O) groups is 2. The van der Waals surface area contributed by atoms with E-state index in [1.54, 1.807) is 7.11 Å². The Balaban J connectivity index is 1.33. The van der Waals surface area contributed by atoms with Gasteiger partial charge in [0, 0.05) is 30.5 Å². The first-order valence-corrected chi connectivity index (χ1v) is 10.9. The number of ether oxygens (including phenoxy) is 2. The fourth-order valence-electron chi connectivity index (χ4n) is 3.18. The van der Waals surface area contributed by atoms with Gasteiger partial charge in [-0.05, 0) is 42.3 Å². The van der Waals surface area contributed by atoms with Gasteiger partial charge in [-0.25, -0.2) is 0 Å². The average Bonchev–Trinajstić information content (AvgIpc) is 3.33. The van der Waals surface area contributed by atoms with E-state index in [-0.39, 0.29) is 18.4 Å². The summed E-state index contributed by atoms with van der Waals surface area (Å²) in [6.45, 7) is 3.07. The molecule has 3 aromatic rings. The first-order chi connectivity index (χ1) is 14.5. The number of amides is 1. The van der Waals surface area contributed by atoms with Crippen LogP contribution in [0.25, 0.3) is 10.6 Å². The number of methoxy groups -OCH3 is 1. The van der Waals surface area contributed by atoms with E-state index in [4.69, 9.17) is 9.47 Å². The third-order valence-corrected chi connectivity index (χ3v) is 6.55. The van der Waals surface area contributed by atoms with Crippen molar-refractivity contribution in [1.29, 1.82) is 0 Å². The van der Waals surface area contributed by atoms with Gasteiger partial charge >= 0.3 is 5.97 Å². The van der Waals surface area contributed by atoms with Crippen molar-refractivity contribution in [2.75, 3.05) is 25.5 Å². The summed E-state index contributed by atoms with van der Waals surface area (Å²) in [4.78, 5) is 26.9. The van der Waals surface area contributed by atoms with Crippen molar-refractivity contribution in [2.45, 2.75) is 19.9 Å². The number of fused-ring (bicyclic) bond motifs is 1. The number of hydrogen-bond donors (Lipinski definition) is 1. The molecule has 3 heterocycles. The number of rotatable bonds is 6. The van der Waals surface area contributed by atoms with Gasteiger partial charge in [0.25, 0.3) is 0 Å². The van der Waals surface area contributed by atoms with Gasteiger partial charge in [0.1, 0.15) is 10.8 Å². The van der Waals surface area contributed by atoms with Crippen molar-refractivity contribution in [3.05, 3.63) is 40.8 Å². The molecule has 0 bridgehead atoms. The predicted molar refractivity (Wildman–Crippen MR) is 115 cm³/mol. The molecule has 1 amide bonds. The third kappa shape index (κ3) is 4.84. The van der Waals surface area contributed by atoms with Crippen molar-refractivity contribution in [3.63, 3.8) is 0 Å². The minimum absolute atomic E-state index is 0.133. The quantitative estimate of drug-likeness (QED) is 0.584. The maximum Gasteiger partial charge on any atom is 0.308 e. The monoisotopic (exact) mass is 444 g/mol. The number of thiophene rings is 1. The normalized spacial score (nSPS) is 13.5. The van der Waals surface area contributed by atoms with Gasteiger partial charge in [0.15, 0.2) is 5.06 Å². The molecule has 8 nitrogen and oxygen atoms in total. The summed E-state index contributed by atoms with van der Waals surface area (Å²) in [6.07, 6.45) is 0.828. The van der Waals surface area contributed by atoms with E-state index in [1.165, 1.54) is 34.5 Å². The molecule has 30 heavy (non-hydrogen) atoms. The summed E-state index contributed by atoms with van der Waals surface area (Å²) >= 11 is 2.82. The Morgan fingerprint density at radius 3 is 2.73 bits per heavy atom. The molecule has 4 rings (SSSR count). The molecule has 1 aromatic carbocycles. The van der Waals surface area contributed by atoms with Crippen LogP contribution in [-0.2, 0) is 22.6 Å². The van der Waals surface area contributed by atoms with E-state index in [2.05, 4.69) is 20.4 Å². The maximum atomic E-state index is 12.5. The zero-order valence-corrected chi connectivity index (χ0v) is 18.1. The third-order valence-electron chi connectivity index (χ3n) is 4.54. The minimum atomic E-state index is -0.323. The van der Waals surface area contributed by atoms with Crippen molar-refractivity contribution in [2.24, 2.45) is 0 Å². The first kappa shape index (κ1) is 20.5. The van der Waals surface area contributed by atoms with Crippen molar-refractivity contribution >= 4 is 39.7 Å². The number of esters is 1. The number of nitrogens with zero attached hydrogens (tertiary/aromatic N) is 3. The molecule has 0 saturated heterocycles. The topological polar surface area (TPSA) is 93.7 Å². The Bertz CT molecular complexity index is 1060. The van der Waals surface area contributed by atoms with Crippen molar-refractivity contribution in [3.8, 4) is 21.4 Å². The second-order valence-corrected chi connectivity index (χ2v) is 8.83. The predicted octanol–water partition coefficient (Wildman–Crippen LogP) is 3.20. The van der Waals surface area contributed by atoms with E-state index < -0.39 is 0 Å². The summed E-state index contributed by atoms with van der Waals surface area (Å²) in [5.41, 5.74) is 2.02. The number of nitrogens with one attached hydrogen (secondary N) is 1. The van der Waals surface area contributed by atoms with Gasteiger partial charge in [-0.2, -0.15) is 0 Å². The Kier molecular flexibility index (Phi) is 6.07. The first-order valence-electron chi connectivity index (χ1n) is 9.30. The van der Waals surface area contributed by atoms with Crippen LogP contribution < -0.4 is 14.8 Å². The van der Waals surface area contributed by atoms with Gasteiger partial charge in [-0.1, -0.05) is 11.3 Å². The highest BCUT2D eigenvalue weighted by atomic mass is 32.1. The lowest BCUT2D eigenvalue weighted by molar-refractivity contribution is -0.131. The van der Waals surface area contributed by atoms with Crippen LogP contribution in [0.3, 0.4) is 0 Å². The summed E-state index contributed by atoms with van der Waals surface area (Å²) in [7, 11) is 1.62. The van der Waals surface area contributed by atoms with Crippen molar-refractivity contribution < 1.29 is 19.1 Å². The fourth-order valence-corrected chi connectivity index (χ4v) is 4.99. The van der Waals surface area contributed by atoms with E-state index >= 15 is 0 Å². The lowest BCUT2D eigenvalue weighted by Crippen LogP contribution is -2.36. The zero-order valence-electron chi connectivity index (χ0n) is 16.5. The van der Waals surface area contributed by atoms with Crippen LogP contribution in [0.1, 0.15) is 17.4 Å². The Morgan fingerprint density at radius 1 is 1.20 bits per heavy atom. The SMILES string of the molecule is COc1ccc(-c2nnc(NC(=O)CN3CCc4sc(OC(C)=O)cc4C3)s2)cc1. The van der Waals surface area contributed by atoms with E-state index in [0.717, 1.165) is 34.8 Å². The molecule has 0 atom stereocenters. The summed E-state index contributed by atoms with van der Waals surface area (Å²) < 4.78 is 10.3. The van der Waals surface area contributed by atoms with Gasteiger partial charge in [-0.3, -0.25) is 19.8 Å². The minimum Gasteiger partial charge on any atom is -0.497 e. The second-order valence-electron chi connectivity index (χ2n) is 6.76. The van der Waals surface area contributed by atoms with E-state index in [9.17, 15) is 9.59 Å². The van der Waals surface area contributed by atoms with Gasteiger partial charge < -0.3 is 9.47 Å². The highest BCUT2D eigenvalue weighted by molar-refractivity contribution is 7.18. The van der Waals surface area contributed by atoms with Crippen LogP contribution in [0.2, 0.25) is 0 Å². The molecule has 0 radical (unpaired) electrons. The highest BCUT2D eigenvalue weighted by Crippen LogP contribution is 2.33. The molecule has 1 N–H and O–H groups in total. The van der Waals surface area contributed by atoms with E-state index in [0.29, 0.717) is 16.7 Å². The number of aromatic nitrogens is 2. The van der Waals surface area contributed by atoms with Crippen LogP contribution in [0, 0.1) is 0 Å². The van der Waals surface area contributed by atoms with Crippen LogP contribution in [0.15, 0.2) is 30.3 Å². The number of hydrogen-bond acceptors (Lipinski definition) is 9. The van der Waals surface area contributed by atoms with Crippen LogP contribution in [0.4, 0.5) is 5.13 Å². The lowest BCUT2D eigenvalue weighted by atomic mass is 10.1. The van der Waals surface area contributed by atoms with Crippen LogP contribution in [-0.4, -0.2) is 47.2 Å². The molecule has 1 aliphatic rings. The molecule has 2 aromatic heterocycles. The molecular formula is C20H20N4O4S2. The number of benzene rings is 1. The standard InChI is InChI=1S/C20H20N4O4S2/c1-12(25)28-18-9-14-10-24(8-7-16(14)29-18)11-17(26)21-20-23-22-19(30-20)13-3-5-15(27-2)6-4-13/h3-6,9H,7-8,10-11H2,1-2H3,(H,21,23,26). The molecule has 10 heteroatoms.